The number of hydrogen-bond donors (Lipinski definition) is 0. The molecule has 2 aromatic heterocycles. The van der Waals surface area contributed by atoms with Crippen LogP contribution in [0.3, 0.4) is 0 Å². The zero-order valence-electron chi connectivity index (χ0n) is 10.3. The molecule has 0 bridgehead atoms. The lowest BCUT2D eigenvalue weighted by Gasteiger charge is -1.92. The maximum absolute atomic E-state index is 10.9. The molecule has 20 heavy (non-hydrogen) atoms. The first-order valence-corrected chi connectivity index (χ1v) is 7.72. The molecule has 2 heterocycles. The van der Waals surface area contributed by atoms with E-state index in [1.54, 1.807) is 22.7 Å². The second-order valence-corrected chi connectivity index (χ2v) is 6.71. The molecule has 0 saturated heterocycles. The molecule has 0 saturated carbocycles. The standard InChI is InChI=1S/C16H8O2S2/c17-7-9-1-3-11-13(5-9)19-16-12-4-2-10(8-18)6-14(12)20-15(11)16/h1-8H. The summed E-state index contributed by atoms with van der Waals surface area (Å²) in [6.45, 7) is 0. The first-order chi connectivity index (χ1) is 9.80. The fraction of sp³-hybridized carbons (Fsp3) is 0. The number of hydrogen-bond acceptors (Lipinski definition) is 4. The van der Waals surface area contributed by atoms with Gasteiger partial charge in [0.25, 0.3) is 0 Å². The van der Waals surface area contributed by atoms with Gasteiger partial charge in [0, 0.05) is 31.3 Å². The summed E-state index contributed by atoms with van der Waals surface area (Å²) >= 11 is 3.41. The normalized spacial score (nSPS) is 11.4. The van der Waals surface area contributed by atoms with Crippen molar-refractivity contribution >= 4 is 64.8 Å². The van der Waals surface area contributed by atoms with Crippen LogP contribution in [-0.4, -0.2) is 12.6 Å². The van der Waals surface area contributed by atoms with Gasteiger partial charge >= 0.3 is 0 Å². The van der Waals surface area contributed by atoms with Crippen LogP contribution in [0.15, 0.2) is 36.4 Å². The molecule has 0 unspecified atom stereocenters. The van der Waals surface area contributed by atoms with E-state index in [9.17, 15) is 9.59 Å². The number of benzene rings is 2. The van der Waals surface area contributed by atoms with Crippen LogP contribution in [0.5, 0.6) is 0 Å². The summed E-state index contributed by atoms with van der Waals surface area (Å²) in [5.41, 5.74) is 1.41. The van der Waals surface area contributed by atoms with Crippen LogP contribution >= 0.6 is 22.7 Å². The third-order valence-electron chi connectivity index (χ3n) is 3.40. The van der Waals surface area contributed by atoms with Gasteiger partial charge in [-0.05, 0) is 12.1 Å². The summed E-state index contributed by atoms with van der Waals surface area (Å²) < 4.78 is 4.75. The second-order valence-electron chi connectivity index (χ2n) is 4.61. The molecule has 96 valence electrons. The monoisotopic (exact) mass is 296 g/mol. The van der Waals surface area contributed by atoms with Crippen molar-refractivity contribution in [3.63, 3.8) is 0 Å². The SMILES string of the molecule is O=Cc1ccc2c(c1)sc1c3ccc(C=O)cc3sc21. The van der Waals surface area contributed by atoms with E-state index in [-0.39, 0.29) is 0 Å². The Labute approximate surface area is 122 Å². The maximum Gasteiger partial charge on any atom is 0.150 e. The minimum Gasteiger partial charge on any atom is -0.298 e. The Morgan fingerprint density at radius 1 is 0.700 bits per heavy atom. The number of carbonyl (C=O) groups is 2. The second kappa shape index (κ2) is 4.23. The molecule has 0 fully saturated rings. The molecule has 0 spiro atoms. The number of fused-ring (bicyclic) bond motifs is 5. The van der Waals surface area contributed by atoms with Crippen LogP contribution in [0.1, 0.15) is 20.7 Å². The Morgan fingerprint density at radius 2 is 1.15 bits per heavy atom. The molecule has 0 aliphatic carbocycles. The molecular formula is C16H8O2S2. The summed E-state index contributed by atoms with van der Waals surface area (Å²) in [5, 5.41) is 2.37. The molecule has 4 rings (SSSR count). The van der Waals surface area contributed by atoms with Crippen molar-refractivity contribution in [2.45, 2.75) is 0 Å². The van der Waals surface area contributed by atoms with Crippen molar-refractivity contribution in [3.05, 3.63) is 47.5 Å². The Balaban J connectivity index is 2.13. The molecule has 4 heteroatoms. The van der Waals surface area contributed by atoms with E-state index < -0.39 is 0 Å². The van der Waals surface area contributed by atoms with Gasteiger partial charge in [0.15, 0.2) is 0 Å². The summed E-state index contributed by atoms with van der Waals surface area (Å²) in [6.07, 6.45) is 1.75. The summed E-state index contributed by atoms with van der Waals surface area (Å²) in [6, 6.07) is 11.6. The van der Waals surface area contributed by atoms with Gasteiger partial charge in [-0.15, -0.1) is 22.7 Å². The van der Waals surface area contributed by atoms with Gasteiger partial charge in [-0.1, -0.05) is 24.3 Å². The highest BCUT2D eigenvalue weighted by molar-refractivity contribution is 7.36. The summed E-state index contributed by atoms with van der Waals surface area (Å²) in [7, 11) is 0. The molecular weight excluding hydrogens is 288 g/mol. The predicted octanol–water partition coefficient (Wildman–Crippen LogP) is 4.89. The van der Waals surface area contributed by atoms with E-state index >= 15 is 0 Å². The van der Waals surface area contributed by atoms with E-state index in [0.717, 1.165) is 22.0 Å². The fourth-order valence-corrected chi connectivity index (χ4v) is 5.19. The maximum atomic E-state index is 10.9. The predicted molar refractivity (Wildman–Crippen MR) is 85.5 cm³/mol. The Bertz CT molecular complexity index is 910. The quantitative estimate of drug-likeness (QED) is 0.493. The third kappa shape index (κ3) is 1.55. The van der Waals surface area contributed by atoms with Gasteiger partial charge in [-0.2, -0.15) is 0 Å². The zero-order valence-corrected chi connectivity index (χ0v) is 11.9. The van der Waals surface area contributed by atoms with Gasteiger partial charge in [0.2, 0.25) is 0 Å². The first-order valence-electron chi connectivity index (χ1n) is 6.09. The highest BCUT2D eigenvalue weighted by Crippen LogP contribution is 2.44. The number of carbonyl (C=O) groups excluding carboxylic acids is 2. The lowest BCUT2D eigenvalue weighted by molar-refractivity contribution is 0.111. The van der Waals surface area contributed by atoms with Crippen molar-refractivity contribution in [1.29, 1.82) is 0 Å². The largest absolute Gasteiger partial charge is 0.298 e. The van der Waals surface area contributed by atoms with Gasteiger partial charge in [0.1, 0.15) is 12.6 Å². The number of rotatable bonds is 2. The molecule has 2 nitrogen and oxygen atoms in total. The molecule has 0 aliphatic heterocycles. The van der Waals surface area contributed by atoms with E-state index in [1.807, 2.05) is 36.4 Å². The molecule has 0 atom stereocenters. The van der Waals surface area contributed by atoms with E-state index in [1.165, 1.54) is 20.2 Å². The lowest BCUT2D eigenvalue weighted by atomic mass is 10.1. The average molecular weight is 296 g/mol. The van der Waals surface area contributed by atoms with E-state index in [4.69, 9.17) is 0 Å². The number of aldehydes is 2. The molecule has 0 aliphatic rings. The fourth-order valence-electron chi connectivity index (χ4n) is 2.44. The van der Waals surface area contributed by atoms with Crippen LogP contribution in [0.4, 0.5) is 0 Å². The van der Waals surface area contributed by atoms with Crippen LogP contribution in [0.2, 0.25) is 0 Å². The Morgan fingerprint density at radius 3 is 1.55 bits per heavy atom. The molecule has 4 aromatic rings. The first kappa shape index (κ1) is 11.8. The van der Waals surface area contributed by atoms with Crippen molar-refractivity contribution in [2.75, 3.05) is 0 Å². The van der Waals surface area contributed by atoms with E-state index in [2.05, 4.69) is 0 Å². The zero-order chi connectivity index (χ0) is 13.7. The van der Waals surface area contributed by atoms with Crippen molar-refractivity contribution in [1.82, 2.24) is 0 Å². The van der Waals surface area contributed by atoms with Crippen LogP contribution in [0.25, 0.3) is 29.6 Å². The Hall–Kier alpha value is -2.04. The van der Waals surface area contributed by atoms with Crippen LogP contribution < -0.4 is 0 Å². The Kier molecular flexibility index (Phi) is 2.49. The van der Waals surface area contributed by atoms with Gasteiger partial charge in [-0.25, -0.2) is 0 Å². The minimum absolute atomic E-state index is 0.707. The topological polar surface area (TPSA) is 34.1 Å². The highest BCUT2D eigenvalue weighted by atomic mass is 32.1. The van der Waals surface area contributed by atoms with Crippen LogP contribution in [0, 0.1) is 0 Å². The van der Waals surface area contributed by atoms with Gasteiger partial charge < -0.3 is 0 Å². The number of thiophene rings is 2. The minimum atomic E-state index is 0.707. The van der Waals surface area contributed by atoms with Crippen molar-refractivity contribution in [2.24, 2.45) is 0 Å². The summed E-state index contributed by atoms with van der Waals surface area (Å²) in [4.78, 5) is 21.7. The third-order valence-corrected chi connectivity index (χ3v) is 5.90. The van der Waals surface area contributed by atoms with Crippen LogP contribution in [-0.2, 0) is 0 Å². The molecule has 2 aromatic carbocycles. The molecule has 0 N–H and O–H groups in total. The van der Waals surface area contributed by atoms with Gasteiger partial charge in [0.05, 0.1) is 9.40 Å². The van der Waals surface area contributed by atoms with Gasteiger partial charge in [-0.3, -0.25) is 9.59 Å². The van der Waals surface area contributed by atoms with Crippen molar-refractivity contribution < 1.29 is 9.59 Å². The lowest BCUT2D eigenvalue weighted by Crippen LogP contribution is -1.76. The van der Waals surface area contributed by atoms with E-state index in [0.29, 0.717) is 11.1 Å². The molecule has 0 amide bonds. The highest BCUT2D eigenvalue weighted by Gasteiger charge is 2.12. The summed E-state index contributed by atoms with van der Waals surface area (Å²) in [5.74, 6) is 0. The molecule has 0 radical (unpaired) electrons. The average Bonchev–Trinajstić information content (AvgIpc) is 3.01. The van der Waals surface area contributed by atoms with Crippen molar-refractivity contribution in [3.8, 4) is 0 Å². The smallest absolute Gasteiger partial charge is 0.150 e.